The van der Waals surface area contributed by atoms with E-state index in [0.717, 1.165) is 22.9 Å². The van der Waals surface area contributed by atoms with Gasteiger partial charge in [-0.1, -0.05) is 12.1 Å². The number of likely N-dealkylation sites (N-methyl/N-ethyl adjacent to an activating group) is 1. The molecule has 0 saturated carbocycles. The fourth-order valence-electron chi connectivity index (χ4n) is 2.84. The van der Waals surface area contributed by atoms with Gasteiger partial charge in [0.2, 0.25) is 0 Å². The first-order valence-electron chi connectivity index (χ1n) is 6.70. The van der Waals surface area contributed by atoms with E-state index in [-0.39, 0.29) is 6.04 Å². The van der Waals surface area contributed by atoms with E-state index in [4.69, 9.17) is 5.11 Å². The van der Waals surface area contributed by atoms with Gasteiger partial charge in [0.15, 0.2) is 0 Å². The normalized spacial score (nSPS) is 18.4. The van der Waals surface area contributed by atoms with Crippen molar-refractivity contribution in [1.29, 1.82) is 0 Å². The van der Waals surface area contributed by atoms with Crippen LogP contribution in [0.5, 0.6) is 0 Å². The van der Waals surface area contributed by atoms with Gasteiger partial charge in [0, 0.05) is 55.0 Å². The van der Waals surface area contributed by atoms with Gasteiger partial charge in [0.25, 0.3) is 0 Å². The van der Waals surface area contributed by atoms with Gasteiger partial charge in [-0.25, -0.2) is 4.79 Å². The quantitative estimate of drug-likeness (QED) is 0.911. The molecule has 1 fully saturated rings. The van der Waals surface area contributed by atoms with Crippen LogP contribution in [0.15, 0.2) is 36.7 Å². The summed E-state index contributed by atoms with van der Waals surface area (Å²) in [6.45, 7) is 1.17. The van der Waals surface area contributed by atoms with Gasteiger partial charge in [0.05, 0.1) is 0 Å². The highest BCUT2D eigenvalue weighted by atomic mass is 16.4. The zero-order chi connectivity index (χ0) is 14.1. The second-order valence-corrected chi connectivity index (χ2v) is 5.16. The van der Waals surface area contributed by atoms with E-state index in [0.29, 0.717) is 13.1 Å². The molecule has 0 radical (unpaired) electrons. The summed E-state index contributed by atoms with van der Waals surface area (Å²) >= 11 is 0. The van der Waals surface area contributed by atoms with E-state index in [1.54, 1.807) is 6.20 Å². The fourth-order valence-corrected chi connectivity index (χ4v) is 2.84. The lowest BCUT2D eigenvalue weighted by Crippen LogP contribution is -2.36. The lowest BCUT2D eigenvalue weighted by molar-refractivity contribution is 0.155. The van der Waals surface area contributed by atoms with Gasteiger partial charge in [-0.05, 0) is 18.6 Å². The molecule has 1 aliphatic rings. The van der Waals surface area contributed by atoms with Gasteiger partial charge in [-0.3, -0.25) is 4.98 Å². The molecule has 5 nitrogen and oxygen atoms in total. The Bertz CT molecular complexity index is 639. The van der Waals surface area contributed by atoms with E-state index >= 15 is 0 Å². The molecular weight excluding hydrogens is 254 g/mol. The van der Waals surface area contributed by atoms with Gasteiger partial charge >= 0.3 is 6.09 Å². The molecule has 2 aromatic rings. The minimum absolute atomic E-state index is 0.227. The van der Waals surface area contributed by atoms with Gasteiger partial charge < -0.3 is 14.9 Å². The van der Waals surface area contributed by atoms with Gasteiger partial charge in [0.1, 0.15) is 0 Å². The molecule has 0 spiro atoms. The number of benzene rings is 1. The zero-order valence-electron chi connectivity index (χ0n) is 11.4. The summed E-state index contributed by atoms with van der Waals surface area (Å²) in [5.41, 5.74) is 1.13. The second kappa shape index (κ2) is 5.00. The summed E-state index contributed by atoms with van der Waals surface area (Å²) in [4.78, 5) is 18.8. The number of carbonyl (C=O) groups is 1. The molecule has 1 atom stereocenters. The van der Waals surface area contributed by atoms with E-state index < -0.39 is 6.09 Å². The minimum Gasteiger partial charge on any atom is -0.465 e. The topological polar surface area (TPSA) is 56.7 Å². The number of rotatable bonds is 2. The first kappa shape index (κ1) is 12.7. The van der Waals surface area contributed by atoms with Crippen LogP contribution < -0.4 is 4.90 Å². The predicted molar refractivity (Wildman–Crippen MR) is 78.1 cm³/mol. The van der Waals surface area contributed by atoms with E-state index in [1.165, 1.54) is 4.90 Å². The number of pyridine rings is 1. The summed E-state index contributed by atoms with van der Waals surface area (Å²) in [5.74, 6) is 0. The number of carboxylic acid groups (broad SMARTS) is 1. The monoisotopic (exact) mass is 271 g/mol. The van der Waals surface area contributed by atoms with Crippen molar-refractivity contribution in [3.05, 3.63) is 36.7 Å². The largest absolute Gasteiger partial charge is 0.465 e. The predicted octanol–water partition coefficient (Wildman–Crippen LogP) is 2.42. The highest BCUT2D eigenvalue weighted by molar-refractivity contribution is 5.93. The smallest absolute Gasteiger partial charge is 0.407 e. The number of anilines is 1. The number of hydrogen-bond donors (Lipinski definition) is 1. The molecule has 1 aromatic heterocycles. The van der Waals surface area contributed by atoms with Crippen molar-refractivity contribution >= 4 is 22.6 Å². The Balaban J connectivity index is 1.90. The van der Waals surface area contributed by atoms with Crippen molar-refractivity contribution in [3.63, 3.8) is 0 Å². The number of hydrogen-bond acceptors (Lipinski definition) is 3. The molecule has 1 saturated heterocycles. The molecule has 1 aromatic carbocycles. The Morgan fingerprint density at radius 2 is 2.30 bits per heavy atom. The van der Waals surface area contributed by atoms with Crippen LogP contribution >= 0.6 is 0 Å². The Labute approximate surface area is 117 Å². The van der Waals surface area contributed by atoms with Crippen molar-refractivity contribution in [2.45, 2.75) is 12.5 Å². The fraction of sp³-hybridized carbons (Fsp3) is 0.333. The first-order chi connectivity index (χ1) is 9.66. The molecule has 0 unspecified atom stereocenters. The van der Waals surface area contributed by atoms with Crippen LogP contribution in [-0.2, 0) is 0 Å². The van der Waals surface area contributed by atoms with Crippen LogP contribution in [-0.4, -0.2) is 47.3 Å². The third kappa shape index (κ3) is 2.15. The highest BCUT2D eigenvalue weighted by Crippen LogP contribution is 2.28. The van der Waals surface area contributed by atoms with Crippen molar-refractivity contribution < 1.29 is 9.90 Å². The average molecular weight is 271 g/mol. The summed E-state index contributed by atoms with van der Waals surface area (Å²) < 4.78 is 0. The van der Waals surface area contributed by atoms with Crippen molar-refractivity contribution in [2.75, 3.05) is 25.0 Å². The Hall–Kier alpha value is -2.30. The maximum Gasteiger partial charge on any atom is 0.407 e. The van der Waals surface area contributed by atoms with E-state index in [2.05, 4.69) is 16.0 Å². The Kier molecular flexibility index (Phi) is 3.18. The maximum atomic E-state index is 11.0. The van der Waals surface area contributed by atoms with E-state index in [9.17, 15) is 4.79 Å². The summed E-state index contributed by atoms with van der Waals surface area (Å²) in [7, 11) is 2.03. The Morgan fingerprint density at radius 1 is 1.45 bits per heavy atom. The van der Waals surface area contributed by atoms with Gasteiger partial charge in [-0.15, -0.1) is 0 Å². The molecule has 1 N–H and O–H groups in total. The second-order valence-electron chi connectivity index (χ2n) is 5.16. The standard InChI is InChI=1S/C15H17N3O2/c1-17(12-6-8-18(10-12)15(19)20)14-4-2-3-11-9-16-7-5-13(11)14/h2-5,7,9,12H,6,8,10H2,1H3,(H,19,20)/t12-/m0/s1. The number of aromatic nitrogens is 1. The molecule has 0 bridgehead atoms. The molecule has 2 heterocycles. The van der Waals surface area contributed by atoms with Crippen LogP contribution in [0, 0.1) is 0 Å². The SMILES string of the molecule is CN(c1cccc2cnccc12)[C@H]1CCN(C(=O)O)C1. The molecule has 1 amide bonds. The van der Waals surface area contributed by atoms with Crippen LogP contribution in [0.3, 0.4) is 0 Å². The number of likely N-dealkylation sites (tertiary alicyclic amines) is 1. The van der Waals surface area contributed by atoms with Crippen LogP contribution in [0.25, 0.3) is 10.8 Å². The van der Waals surface area contributed by atoms with E-state index in [1.807, 2.05) is 31.4 Å². The third-order valence-corrected chi connectivity index (χ3v) is 4.02. The molecule has 5 heteroatoms. The number of nitrogens with zero attached hydrogens (tertiary/aromatic N) is 3. The minimum atomic E-state index is -0.831. The number of fused-ring (bicyclic) bond motifs is 1. The molecule has 3 rings (SSSR count). The average Bonchev–Trinajstić information content (AvgIpc) is 2.96. The number of amides is 1. The van der Waals surface area contributed by atoms with Crippen LogP contribution in [0.1, 0.15) is 6.42 Å². The lowest BCUT2D eigenvalue weighted by Gasteiger charge is -2.27. The van der Waals surface area contributed by atoms with Crippen molar-refractivity contribution in [1.82, 2.24) is 9.88 Å². The van der Waals surface area contributed by atoms with Crippen LogP contribution in [0.2, 0.25) is 0 Å². The molecule has 1 aliphatic heterocycles. The summed E-state index contributed by atoms with van der Waals surface area (Å²) in [6.07, 6.45) is 3.68. The molecule has 20 heavy (non-hydrogen) atoms. The highest BCUT2D eigenvalue weighted by Gasteiger charge is 2.29. The molecule has 0 aliphatic carbocycles. The van der Waals surface area contributed by atoms with Crippen molar-refractivity contribution in [2.24, 2.45) is 0 Å². The van der Waals surface area contributed by atoms with Crippen LogP contribution in [0.4, 0.5) is 10.5 Å². The van der Waals surface area contributed by atoms with Crippen molar-refractivity contribution in [3.8, 4) is 0 Å². The summed E-state index contributed by atoms with van der Waals surface area (Å²) in [6, 6.07) is 8.36. The summed E-state index contributed by atoms with van der Waals surface area (Å²) in [5, 5.41) is 11.3. The maximum absolute atomic E-state index is 11.0. The Morgan fingerprint density at radius 3 is 3.05 bits per heavy atom. The lowest BCUT2D eigenvalue weighted by atomic mass is 10.1. The first-order valence-corrected chi connectivity index (χ1v) is 6.70. The van der Waals surface area contributed by atoms with Gasteiger partial charge in [-0.2, -0.15) is 0 Å². The third-order valence-electron chi connectivity index (χ3n) is 4.02. The molecule has 104 valence electrons. The zero-order valence-corrected chi connectivity index (χ0v) is 11.4. The molecular formula is C15H17N3O2.